The van der Waals surface area contributed by atoms with Gasteiger partial charge in [0.05, 0.1) is 0 Å². The molecule has 28 heavy (non-hydrogen) atoms. The van der Waals surface area contributed by atoms with Crippen molar-refractivity contribution in [2.75, 3.05) is 13.2 Å². The molecule has 3 rings (SSSR count). The number of rotatable bonds is 4. The average Bonchev–Trinajstić information content (AvgIpc) is 2.71. The topological polar surface area (TPSA) is 123 Å². The molecular formula is C19H18N2O7. The molecule has 2 aromatic rings. The molecule has 0 fully saturated rings. The van der Waals surface area contributed by atoms with Crippen molar-refractivity contribution in [3.8, 4) is 17.2 Å². The summed E-state index contributed by atoms with van der Waals surface area (Å²) in [6.45, 7) is 0.974. The number of aromatic hydroxyl groups is 1. The number of benzene rings is 2. The lowest BCUT2D eigenvalue weighted by molar-refractivity contribution is -0.135. The van der Waals surface area contributed by atoms with Gasteiger partial charge in [-0.2, -0.15) is 0 Å². The highest BCUT2D eigenvalue weighted by atomic mass is 16.6. The van der Waals surface area contributed by atoms with Crippen LogP contribution in [0.5, 0.6) is 17.2 Å². The summed E-state index contributed by atoms with van der Waals surface area (Å²) in [5.74, 6) is -1.50. The molecule has 0 saturated carbocycles. The Morgan fingerprint density at radius 1 is 1.11 bits per heavy atom. The zero-order valence-electron chi connectivity index (χ0n) is 14.9. The van der Waals surface area contributed by atoms with E-state index in [2.05, 4.69) is 10.9 Å². The minimum Gasteiger partial charge on any atom is -0.507 e. The smallest absolute Gasteiger partial charge is 0.342 e. The molecule has 0 unspecified atom stereocenters. The maximum absolute atomic E-state index is 12.1. The van der Waals surface area contributed by atoms with Crippen LogP contribution in [0, 0.1) is 6.92 Å². The molecule has 0 aliphatic carbocycles. The third-order valence-electron chi connectivity index (χ3n) is 3.92. The van der Waals surface area contributed by atoms with Crippen molar-refractivity contribution in [3.63, 3.8) is 0 Å². The highest BCUT2D eigenvalue weighted by Gasteiger charge is 2.27. The van der Waals surface area contributed by atoms with E-state index < -0.39 is 30.5 Å². The van der Waals surface area contributed by atoms with E-state index in [0.29, 0.717) is 17.1 Å². The molecule has 146 valence electrons. The number of esters is 1. The average molecular weight is 386 g/mol. The van der Waals surface area contributed by atoms with Crippen molar-refractivity contribution >= 4 is 17.8 Å². The standard InChI is InChI=1S/C19H18N2O7/c1-11-5-4-6-12(17(11)23)19(25)27-10-16(22)20-21-18(24)15-9-26-13-7-2-3-8-14(13)28-15/h2-8,15,23H,9-10H2,1H3,(H,20,22)(H,21,24)/t15-/m0/s1. The van der Waals surface area contributed by atoms with Gasteiger partial charge in [-0.25, -0.2) is 4.79 Å². The molecule has 0 saturated heterocycles. The molecule has 2 aromatic carbocycles. The predicted molar refractivity (Wildman–Crippen MR) is 95.8 cm³/mol. The van der Waals surface area contributed by atoms with Crippen molar-refractivity contribution in [1.29, 1.82) is 0 Å². The number of fused-ring (bicyclic) bond motifs is 1. The molecule has 0 radical (unpaired) electrons. The normalized spacial score (nSPS) is 14.7. The molecule has 3 N–H and O–H groups in total. The number of hydrogen-bond donors (Lipinski definition) is 3. The zero-order valence-corrected chi connectivity index (χ0v) is 14.9. The fourth-order valence-electron chi connectivity index (χ4n) is 2.43. The molecule has 0 bridgehead atoms. The van der Waals surface area contributed by atoms with Crippen LogP contribution in [-0.4, -0.2) is 42.2 Å². The maximum atomic E-state index is 12.1. The van der Waals surface area contributed by atoms with Gasteiger partial charge in [-0.3, -0.25) is 20.4 Å². The van der Waals surface area contributed by atoms with Crippen LogP contribution in [0.2, 0.25) is 0 Å². The number of carbonyl (C=O) groups excluding carboxylic acids is 3. The van der Waals surface area contributed by atoms with Crippen molar-refractivity contribution in [1.82, 2.24) is 10.9 Å². The second kappa shape index (κ2) is 8.30. The summed E-state index contributed by atoms with van der Waals surface area (Å²) in [6, 6.07) is 11.5. The van der Waals surface area contributed by atoms with E-state index >= 15 is 0 Å². The Morgan fingerprint density at radius 3 is 2.64 bits per heavy atom. The van der Waals surface area contributed by atoms with E-state index in [1.807, 2.05) is 0 Å². The number of nitrogens with one attached hydrogen (secondary N) is 2. The van der Waals surface area contributed by atoms with E-state index in [9.17, 15) is 19.5 Å². The van der Waals surface area contributed by atoms with Gasteiger partial charge in [0.25, 0.3) is 11.8 Å². The largest absolute Gasteiger partial charge is 0.507 e. The first kappa shape index (κ1) is 19.0. The Balaban J connectivity index is 1.45. The Labute approximate surface area is 160 Å². The lowest BCUT2D eigenvalue weighted by Gasteiger charge is -2.25. The number of aryl methyl sites for hydroxylation is 1. The van der Waals surface area contributed by atoms with Gasteiger partial charge in [-0.05, 0) is 30.7 Å². The van der Waals surface area contributed by atoms with Crippen molar-refractivity contribution in [2.45, 2.75) is 13.0 Å². The molecule has 1 aliphatic heterocycles. The number of phenolic OH excluding ortho intramolecular Hbond substituents is 1. The van der Waals surface area contributed by atoms with Crippen LogP contribution in [0.3, 0.4) is 0 Å². The highest BCUT2D eigenvalue weighted by molar-refractivity contribution is 5.94. The number of phenols is 1. The SMILES string of the molecule is Cc1cccc(C(=O)OCC(=O)NNC(=O)[C@@H]2COc3ccccc3O2)c1O. The minimum absolute atomic E-state index is 0.0136. The van der Waals surface area contributed by atoms with Crippen LogP contribution < -0.4 is 20.3 Å². The number of hydrazine groups is 1. The number of carbonyl (C=O) groups is 3. The van der Waals surface area contributed by atoms with Gasteiger partial charge in [0.2, 0.25) is 6.10 Å². The monoisotopic (exact) mass is 386 g/mol. The Bertz CT molecular complexity index is 913. The molecule has 1 heterocycles. The molecule has 9 heteroatoms. The van der Waals surface area contributed by atoms with Gasteiger partial charge >= 0.3 is 5.97 Å². The summed E-state index contributed by atoms with van der Waals surface area (Å²) in [4.78, 5) is 35.8. The zero-order chi connectivity index (χ0) is 20.1. The minimum atomic E-state index is -0.943. The van der Waals surface area contributed by atoms with Crippen LogP contribution in [0.25, 0.3) is 0 Å². The van der Waals surface area contributed by atoms with Crippen molar-refractivity contribution in [2.24, 2.45) is 0 Å². The van der Waals surface area contributed by atoms with E-state index in [-0.39, 0.29) is 17.9 Å². The number of hydrogen-bond acceptors (Lipinski definition) is 7. The molecule has 9 nitrogen and oxygen atoms in total. The summed E-state index contributed by atoms with van der Waals surface area (Å²) in [5, 5.41) is 9.84. The fraction of sp³-hybridized carbons (Fsp3) is 0.211. The van der Waals surface area contributed by atoms with Gasteiger partial charge < -0.3 is 19.3 Å². The second-order valence-corrected chi connectivity index (χ2v) is 5.95. The fourth-order valence-corrected chi connectivity index (χ4v) is 2.43. The highest BCUT2D eigenvalue weighted by Crippen LogP contribution is 2.30. The van der Waals surface area contributed by atoms with E-state index in [4.69, 9.17) is 14.2 Å². The van der Waals surface area contributed by atoms with Crippen LogP contribution in [0.4, 0.5) is 0 Å². The van der Waals surface area contributed by atoms with Crippen LogP contribution in [0.15, 0.2) is 42.5 Å². The first-order valence-corrected chi connectivity index (χ1v) is 8.38. The van der Waals surface area contributed by atoms with E-state index in [1.165, 1.54) is 6.07 Å². The third-order valence-corrected chi connectivity index (χ3v) is 3.92. The number of amides is 2. The summed E-state index contributed by atoms with van der Waals surface area (Å²) in [7, 11) is 0. The first-order chi connectivity index (χ1) is 13.5. The van der Waals surface area contributed by atoms with Crippen molar-refractivity contribution < 1.29 is 33.7 Å². The van der Waals surface area contributed by atoms with Gasteiger partial charge in [0.1, 0.15) is 17.9 Å². The lowest BCUT2D eigenvalue weighted by atomic mass is 10.1. The van der Waals surface area contributed by atoms with E-state index in [0.717, 1.165) is 0 Å². The Hall–Kier alpha value is -3.75. The maximum Gasteiger partial charge on any atom is 0.342 e. The summed E-state index contributed by atoms with van der Waals surface area (Å²) in [5.41, 5.74) is 4.76. The van der Waals surface area contributed by atoms with Gasteiger partial charge in [0.15, 0.2) is 18.1 Å². The van der Waals surface area contributed by atoms with Gasteiger partial charge in [0, 0.05) is 0 Å². The quantitative estimate of drug-likeness (QED) is 0.526. The second-order valence-electron chi connectivity index (χ2n) is 5.95. The summed E-state index contributed by atoms with van der Waals surface area (Å²) >= 11 is 0. The molecular weight excluding hydrogens is 368 g/mol. The Kier molecular flexibility index (Phi) is 5.64. The van der Waals surface area contributed by atoms with Crippen LogP contribution in [-0.2, 0) is 14.3 Å². The van der Waals surface area contributed by atoms with Crippen LogP contribution in [0.1, 0.15) is 15.9 Å². The predicted octanol–water partition coefficient (Wildman–Crippen LogP) is 0.845. The molecule has 0 spiro atoms. The number of para-hydroxylation sites is 3. The van der Waals surface area contributed by atoms with Gasteiger partial charge in [-0.15, -0.1) is 0 Å². The van der Waals surface area contributed by atoms with Gasteiger partial charge in [-0.1, -0.05) is 24.3 Å². The molecule has 1 atom stereocenters. The molecule has 1 aliphatic rings. The molecule has 2 amide bonds. The lowest BCUT2D eigenvalue weighted by Crippen LogP contribution is -2.51. The summed E-state index contributed by atoms with van der Waals surface area (Å²) in [6.07, 6.45) is -0.943. The first-order valence-electron chi connectivity index (χ1n) is 8.38. The van der Waals surface area contributed by atoms with E-state index in [1.54, 1.807) is 43.3 Å². The third kappa shape index (κ3) is 4.32. The van der Waals surface area contributed by atoms with Crippen molar-refractivity contribution in [3.05, 3.63) is 53.6 Å². The summed E-state index contributed by atoms with van der Waals surface area (Å²) < 4.78 is 15.8. The Morgan fingerprint density at radius 2 is 1.86 bits per heavy atom. The number of ether oxygens (including phenoxy) is 3. The molecule has 0 aromatic heterocycles. The van der Waals surface area contributed by atoms with Crippen LogP contribution >= 0.6 is 0 Å².